The predicted molar refractivity (Wildman–Crippen MR) is 102 cm³/mol. The maximum absolute atomic E-state index is 13.3. The number of ether oxygens (including phenoxy) is 1. The second kappa shape index (κ2) is 6.96. The highest BCUT2D eigenvalue weighted by atomic mass is 16.5. The Hall–Kier alpha value is -2.99. The van der Waals surface area contributed by atoms with E-state index in [0.717, 1.165) is 5.56 Å². The SMILES string of the molecule is CC1(C)COC(c2ccccc2)CN1C(=O)c1cccc(-n2ccnc2)n1. The number of nitrogens with zero attached hydrogens (tertiary/aromatic N) is 4. The molecule has 1 amide bonds. The highest BCUT2D eigenvalue weighted by molar-refractivity contribution is 5.93. The first-order chi connectivity index (χ1) is 13.0. The molecular formula is C21H22N4O2. The second-order valence-corrected chi connectivity index (χ2v) is 7.29. The van der Waals surface area contributed by atoms with E-state index in [0.29, 0.717) is 24.7 Å². The van der Waals surface area contributed by atoms with Crippen LogP contribution in [-0.4, -0.2) is 44.0 Å². The number of carbonyl (C=O) groups excluding carboxylic acids is 1. The second-order valence-electron chi connectivity index (χ2n) is 7.29. The molecule has 1 aliphatic heterocycles. The van der Waals surface area contributed by atoms with Crippen molar-refractivity contribution in [3.8, 4) is 5.82 Å². The van der Waals surface area contributed by atoms with Crippen LogP contribution in [0.5, 0.6) is 0 Å². The smallest absolute Gasteiger partial charge is 0.273 e. The van der Waals surface area contributed by atoms with Crippen molar-refractivity contribution < 1.29 is 9.53 Å². The van der Waals surface area contributed by atoms with E-state index in [4.69, 9.17) is 4.74 Å². The number of aromatic nitrogens is 3. The Labute approximate surface area is 158 Å². The van der Waals surface area contributed by atoms with Crippen LogP contribution in [0, 0.1) is 0 Å². The van der Waals surface area contributed by atoms with E-state index in [9.17, 15) is 4.79 Å². The molecule has 0 aliphatic carbocycles. The first kappa shape index (κ1) is 17.4. The van der Waals surface area contributed by atoms with Crippen LogP contribution in [-0.2, 0) is 4.74 Å². The van der Waals surface area contributed by atoms with Gasteiger partial charge in [-0.2, -0.15) is 0 Å². The average Bonchev–Trinajstić information content (AvgIpc) is 3.23. The number of morpholine rings is 1. The predicted octanol–water partition coefficient (Wildman–Crippen LogP) is 3.26. The van der Waals surface area contributed by atoms with Gasteiger partial charge in [0.15, 0.2) is 0 Å². The third-order valence-electron chi connectivity index (χ3n) is 4.86. The van der Waals surface area contributed by atoms with Crippen LogP contribution >= 0.6 is 0 Å². The van der Waals surface area contributed by atoms with E-state index in [-0.39, 0.29) is 12.0 Å². The van der Waals surface area contributed by atoms with Crippen LogP contribution in [0.1, 0.15) is 36.0 Å². The van der Waals surface area contributed by atoms with E-state index >= 15 is 0 Å². The lowest BCUT2D eigenvalue weighted by molar-refractivity contribution is -0.0848. The number of pyridine rings is 1. The Kier molecular flexibility index (Phi) is 4.49. The van der Waals surface area contributed by atoms with Crippen molar-refractivity contribution in [1.29, 1.82) is 0 Å². The lowest BCUT2D eigenvalue weighted by Gasteiger charge is -2.45. The molecule has 1 atom stereocenters. The minimum Gasteiger partial charge on any atom is -0.369 e. The zero-order valence-electron chi connectivity index (χ0n) is 15.4. The molecule has 0 spiro atoms. The summed E-state index contributed by atoms with van der Waals surface area (Å²) in [5.74, 6) is 0.579. The number of hydrogen-bond acceptors (Lipinski definition) is 4. The Balaban J connectivity index is 1.62. The quantitative estimate of drug-likeness (QED) is 0.718. The van der Waals surface area contributed by atoms with E-state index in [1.54, 1.807) is 29.4 Å². The van der Waals surface area contributed by atoms with Crippen LogP contribution in [0.15, 0.2) is 67.3 Å². The van der Waals surface area contributed by atoms with Gasteiger partial charge in [0.05, 0.1) is 18.7 Å². The van der Waals surface area contributed by atoms with E-state index < -0.39 is 5.54 Å². The first-order valence-corrected chi connectivity index (χ1v) is 8.98. The van der Waals surface area contributed by atoms with Crippen LogP contribution in [0.2, 0.25) is 0 Å². The molecule has 6 nitrogen and oxygen atoms in total. The van der Waals surface area contributed by atoms with Crippen molar-refractivity contribution >= 4 is 5.91 Å². The third-order valence-corrected chi connectivity index (χ3v) is 4.86. The molecule has 27 heavy (non-hydrogen) atoms. The molecule has 0 N–H and O–H groups in total. The summed E-state index contributed by atoms with van der Waals surface area (Å²) in [6.45, 7) is 5.00. The summed E-state index contributed by atoms with van der Waals surface area (Å²) < 4.78 is 7.84. The van der Waals surface area contributed by atoms with Gasteiger partial charge in [0, 0.05) is 12.4 Å². The molecule has 1 fully saturated rings. The number of benzene rings is 1. The minimum absolute atomic E-state index is 0.0915. The summed E-state index contributed by atoms with van der Waals surface area (Å²) in [5, 5.41) is 0. The van der Waals surface area contributed by atoms with Gasteiger partial charge in [-0.05, 0) is 31.5 Å². The number of carbonyl (C=O) groups is 1. The van der Waals surface area contributed by atoms with E-state index in [2.05, 4.69) is 9.97 Å². The fourth-order valence-electron chi connectivity index (χ4n) is 3.29. The summed E-state index contributed by atoms with van der Waals surface area (Å²) in [5.41, 5.74) is 1.09. The maximum Gasteiger partial charge on any atom is 0.273 e. The average molecular weight is 362 g/mol. The number of imidazole rings is 1. The summed E-state index contributed by atoms with van der Waals surface area (Å²) >= 11 is 0. The molecule has 3 aromatic rings. The normalized spacial score (nSPS) is 19.0. The van der Waals surface area contributed by atoms with Gasteiger partial charge in [-0.25, -0.2) is 9.97 Å². The third kappa shape index (κ3) is 3.48. The van der Waals surface area contributed by atoms with Gasteiger partial charge in [-0.1, -0.05) is 36.4 Å². The van der Waals surface area contributed by atoms with Crippen molar-refractivity contribution in [2.45, 2.75) is 25.5 Å². The van der Waals surface area contributed by atoms with Crippen molar-refractivity contribution in [2.24, 2.45) is 0 Å². The highest BCUT2D eigenvalue weighted by Gasteiger charge is 2.39. The molecule has 0 radical (unpaired) electrons. The van der Waals surface area contributed by atoms with Crippen molar-refractivity contribution in [2.75, 3.05) is 13.2 Å². The maximum atomic E-state index is 13.3. The molecule has 3 heterocycles. The molecule has 138 valence electrons. The van der Waals surface area contributed by atoms with Crippen LogP contribution < -0.4 is 0 Å². The molecule has 4 rings (SSSR count). The molecule has 1 aromatic carbocycles. The number of hydrogen-bond donors (Lipinski definition) is 0. The van der Waals surface area contributed by atoms with Crippen molar-refractivity contribution in [3.63, 3.8) is 0 Å². The molecule has 1 saturated heterocycles. The van der Waals surface area contributed by atoms with Gasteiger partial charge >= 0.3 is 0 Å². The highest BCUT2D eigenvalue weighted by Crippen LogP contribution is 2.31. The Morgan fingerprint density at radius 1 is 1.15 bits per heavy atom. The van der Waals surface area contributed by atoms with E-state index in [1.807, 2.05) is 61.2 Å². The summed E-state index contributed by atoms with van der Waals surface area (Å²) in [6.07, 6.45) is 5.02. The fraction of sp³-hybridized carbons (Fsp3) is 0.286. The molecule has 0 saturated carbocycles. The standard InChI is InChI=1S/C21H22N4O2/c1-21(2)14-27-18(16-7-4-3-5-8-16)13-25(21)20(26)17-9-6-10-19(23-17)24-12-11-22-15-24/h3-12,15,18H,13-14H2,1-2H3. The Bertz CT molecular complexity index is 922. The zero-order valence-corrected chi connectivity index (χ0v) is 15.4. The van der Waals surface area contributed by atoms with E-state index in [1.165, 1.54) is 0 Å². The molecule has 6 heteroatoms. The van der Waals surface area contributed by atoms with Gasteiger partial charge in [-0.3, -0.25) is 9.36 Å². The van der Waals surface area contributed by atoms with Crippen LogP contribution in [0.3, 0.4) is 0 Å². The minimum atomic E-state index is -0.408. The molecule has 1 unspecified atom stereocenters. The van der Waals surface area contributed by atoms with Crippen molar-refractivity contribution in [3.05, 3.63) is 78.5 Å². The monoisotopic (exact) mass is 362 g/mol. The lowest BCUT2D eigenvalue weighted by atomic mass is 9.97. The van der Waals surface area contributed by atoms with Crippen LogP contribution in [0.25, 0.3) is 5.82 Å². The van der Waals surface area contributed by atoms with Gasteiger partial charge in [0.2, 0.25) is 0 Å². The topological polar surface area (TPSA) is 60.2 Å². The summed E-state index contributed by atoms with van der Waals surface area (Å²) in [4.78, 5) is 23.8. The van der Waals surface area contributed by atoms with Gasteiger partial charge in [0.25, 0.3) is 5.91 Å². The summed E-state index contributed by atoms with van der Waals surface area (Å²) in [6, 6.07) is 15.5. The van der Waals surface area contributed by atoms with Gasteiger partial charge in [0.1, 0.15) is 23.9 Å². The number of amides is 1. The molecular weight excluding hydrogens is 340 g/mol. The summed E-state index contributed by atoms with van der Waals surface area (Å²) in [7, 11) is 0. The van der Waals surface area contributed by atoms with Gasteiger partial charge < -0.3 is 9.64 Å². The van der Waals surface area contributed by atoms with Crippen molar-refractivity contribution in [1.82, 2.24) is 19.4 Å². The zero-order chi connectivity index (χ0) is 18.9. The fourth-order valence-corrected chi connectivity index (χ4v) is 3.29. The lowest BCUT2D eigenvalue weighted by Crippen LogP contribution is -2.56. The molecule has 2 aromatic heterocycles. The van der Waals surface area contributed by atoms with Crippen LogP contribution in [0.4, 0.5) is 0 Å². The number of rotatable bonds is 3. The Morgan fingerprint density at radius 3 is 2.70 bits per heavy atom. The molecule has 0 bridgehead atoms. The molecule has 1 aliphatic rings. The largest absolute Gasteiger partial charge is 0.369 e. The van der Waals surface area contributed by atoms with Gasteiger partial charge in [-0.15, -0.1) is 0 Å². The Morgan fingerprint density at radius 2 is 1.96 bits per heavy atom. The first-order valence-electron chi connectivity index (χ1n) is 8.98.